The number of thiophene rings is 1. The molecule has 0 fully saturated rings. The molecule has 2 aromatic rings. The Kier molecular flexibility index (Phi) is 6.06. The third-order valence-corrected chi connectivity index (χ3v) is 5.87. The van der Waals surface area contributed by atoms with E-state index in [-0.39, 0.29) is 6.09 Å². The van der Waals surface area contributed by atoms with Gasteiger partial charge in [0.1, 0.15) is 6.61 Å². The number of carbonyl (C=O) groups is 1. The van der Waals surface area contributed by atoms with Gasteiger partial charge in [0.15, 0.2) is 0 Å². The number of ether oxygens (including phenoxy) is 1. The van der Waals surface area contributed by atoms with Crippen LogP contribution < -0.4 is 5.32 Å². The molecule has 0 bridgehead atoms. The van der Waals surface area contributed by atoms with E-state index in [1.165, 1.54) is 4.88 Å². The molecule has 1 aromatic heterocycles. The van der Waals surface area contributed by atoms with E-state index < -0.39 is 0 Å². The van der Waals surface area contributed by atoms with Crippen molar-refractivity contribution in [2.75, 3.05) is 6.54 Å². The Morgan fingerprint density at radius 1 is 1.25 bits per heavy atom. The highest BCUT2D eigenvalue weighted by Crippen LogP contribution is 2.32. The van der Waals surface area contributed by atoms with Crippen molar-refractivity contribution in [3.05, 3.63) is 55.1 Å². The number of amides is 1. The number of halogens is 2. The Bertz CT molecular complexity index is 552. The van der Waals surface area contributed by atoms with Crippen molar-refractivity contribution < 1.29 is 9.53 Å². The summed E-state index contributed by atoms with van der Waals surface area (Å²) in [5.41, 5.74) is 0.980. The molecule has 0 aliphatic rings. The number of hydrogen-bond donors (Lipinski definition) is 1. The van der Waals surface area contributed by atoms with E-state index in [9.17, 15) is 4.79 Å². The summed E-state index contributed by atoms with van der Waals surface area (Å²) < 4.78 is 7.24. The molecule has 1 aromatic carbocycles. The van der Waals surface area contributed by atoms with Crippen LogP contribution >= 0.6 is 43.2 Å². The molecule has 0 radical (unpaired) electrons. The van der Waals surface area contributed by atoms with Gasteiger partial charge < -0.3 is 10.1 Å². The molecule has 0 unspecified atom stereocenters. The average molecular weight is 419 g/mol. The highest BCUT2D eigenvalue weighted by Gasteiger charge is 2.06. The molecule has 3 nitrogen and oxygen atoms in total. The zero-order valence-electron chi connectivity index (χ0n) is 10.6. The predicted octanol–water partition coefficient (Wildman–Crippen LogP) is 4.74. The summed E-state index contributed by atoms with van der Waals surface area (Å²) in [4.78, 5) is 12.7. The molecule has 0 atom stereocenters. The number of nitrogens with one attached hydrogen (secondary N) is 1. The fourth-order valence-corrected chi connectivity index (χ4v) is 3.75. The summed E-state index contributed by atoms with van der Waals surface area (Å²) in [6.45, 7) is 0.857. The first-order chi connectivity index (χ1) is 9.65. The molecule has 6 heteroatoms. The molecule has 0 saturated carbocycles. The van der Waals surface area contributed by atoms with Gasteiger partial charge in [-0.05, 0) is 49.9 Å². The van der Waals surface area contributed by atoms with Crippen LogP contribution in [-0.4, -0.2) is 12.6 Å². The minimum atomic E-state index is -0.386. The SMILES string of the molecule is O=C(NCCc1cc(Br)c(Br)s1)OCc1ccccc1. The van der Waals surface area contributed by atoms with Crippen LogP contribution in [-0.2, 0) is 17.8 Å². The van der Waals surface area contributed by atoms with Crippen LogP contribution in [0.25, 0.3) is 0 Å². The average Bonchev–Trinajstić information content (AvgIpc) is 2.76. The van der Waals surface area contributed by atoms with Crippen LogP contribution in [0.15, 0.2) is 44.7 Å². The van der Waals surface area contributed by atoms with Crippen LogP contribution in [0, 0.1) is 0 Å². The first kappa shape index (κ1) is 15.5. The molecule has 0 saturated heterocycles. The normalized spacial score (nSPS) is 10.3. The minimum Gasteiger partial charge on any atom is -0.445 e. The molecule has 0 aliphatic carbocycles. The van der Waals surface area contributed by atoms with Crippen LogP contribution in [0.5, 0.6) is 0 Å². The highest BCUT2D eigenvalue weighted by atomic mass is 79.9. The summed E-state index contributed by atoms with van der Waals surface area (Å²) in [6, 6.07) is 11.7. The Balaban J connectivity index is 1.68. The van der Waals surface area contributed by atoms with Crippen molar-refractivity contribution >= 4 is 49.3 Å². The van der Waals surface area contributed by atoms with Gasteiger partial charge in [0, 0.05) is 15.9 Å². The van der Waals surface area contributed by atoms with Crippen LogP contribution in [0.4, 0.5) is 4.79 Å². The third-order valence-electron chi connectivity index (χ3n) is 2.55. The van der Waals surface area contributed by atoms with Crippen LogP contribution in [0.1, 0.15) is 10.4 Å². The van der Waals surface area contributed by atoms with E-state index in [4.69, 9.17) is 4.74 Å². The van der Waals surface area contributed by atoms with Crippen molar-refractivity contribution in [2.24, 2.45) is 0 Å². The van der Waals surface area contributed by atoms with Gasteiger partial charge in [-0.1, -0.05) is 30.3 Å². The zero-order chi connectivity index (χ0) is 14.4. The lowest BCUT2D eigenvalue weighted by atomic mass is 10.2. The number of alkyl carbamates (subject to hydrolysis) is 1. The second kappa shape index (κ2) is 7.81. The van der Waals surface area contributed by atoms with Crippen molar-refractivity contribution in [2.45, 2.75) is 13.0 Å². The fraction of sp³-hybridized carbons (Fsp3) is 0.214. The molecule has 1 N–H and O–H groups in total. The summed E-state index contributed by atoms with van der Waals surface area (Å²) in [6.07, 6.45) is 0.401. The lowest BCUT2D eigenvalue weighted by Gasteiger charge is -2.06. The number of carbonyl (C=O) groups excluding carboxylic acids is 1. The summed E-state index contributed by atoms with van der Waals surface area (Å²) >= 11 is 8.54. The molecule has 1 heterocycles. The second-order valence-electron chi connectivity index (χ2n) is 4.07. The smallest absolute Gasteiger partial charge is 0.407 e. The molecule has 1 amide bonds. The van der Waals surface area contributed by atoms with Crippen molar-refractivity contribution in [3.8, 4) is 0 Å². The molecular formula is C14H13Br2NO2S. The summed E-state index contributed by atoms with van der Waals surface area (Å²) in [5, 5.41) is 2.75. The van der Waals surface area contributed by atoms with Crippen molar-refractivity contribution in [1.82, 2.24) is 5.32 Å². The maximum Gasteiger partial charge on any atom is 0.407 e. The standard InChI is InChI=1S/C14H13Br2NO2S/c15-12-8-11(20-13(12)16)6-7-17-14(18)19-9-10-4-2-1-3-5-10/h1-5,8H,6-7,9H2,(H,17,18). The quantitative estimate of drug-likeness (QED) is 0.761. The summed E-state index contributed by atoms with van der Waals surface area (Å²) in [5.74, 6) is 0. The highest BCUT2D eigenvalue weighted by molar-refractivity contribution is 9.13. The zero-order valence-corrected chi connectivity index (χ0v) is 14.6. The molecule has 106 valence electrons. The van der Waals surface area contributed by atoms with E-state index in [0.29, 0.717) is 13.2 Å². The van der Waals surface area contributed by atoms with Gasteiger partial charge in [-0.2, -0.15) is 0 Å². The van der Waals surface area contributed by atoms with E-state index >= 15 is 0 Å². The Hall–Kier alpha value is -0.850. The first-order valence-corrected chi connectivity index (χ1v) is 8.43. The topological polar surface area (TPSA) is 38.3 Å². The summed E-state index contributed by atoms with van der Waals surface area (Å²) in [7, 11) is 0. The van der Waals surface area contributed by atoms with E-state index in [1.807, 2.05) is 36.4 Å². The molecule has 0 spiro atoms. The van der Waals surface area contributed by atoms with Gasteiger partial charge in [0.2, 0.25) is 0 Å². The molecule has 0 aliphatic heterocycles. The number of hydrogen-bond acceptors (Lipinski definition) is 3. The van der Waals surface area contributed by atoms with Gasteiger partial charge in [0.05, 0.1) is 3.79 Å². The van der Waals surface area contributed by atoms with E-state index in [2.05, 4.69) is 37.2 Å². The fourth-order valence-electron chi connectivity index (χ4n) is 1.58. The number of benzene rings is 1. The lowest BCUT2D eigenvalue weighted by Crippen LogP contribution is -2.26. The van der Waals surface area contributed by atoms with Gasteiger partial charge in [-0.25, -0.2) is 4.79 Å². The van der Waals surface area contributed by atoms with E-state index in [1.54, 1.807) is 11.3 Å². The largest absolute Gasteiger partial charge is 0.445 e. The van der Waals surface area contributed by atoms with Crippen molar-refractivity contribution in [3.63, 3.8) is 0 Å². The Morgan fingerprint density at radius 3 is 2.65 bits per heavy atom. The lowest BCUT2D eigenvalue weighted by molar-refractivity contribution is 0.140. The Morgan fingerprint density at radius 2 is 2.00 bits per heavy atom. The maximum absolute atomic E-state index is 11.5. The Labute approximate surface area is 138 Å². The molecular weight excluding hydrogens is 406 g/mol. The minimum absolute atomic E-state index is 0.294. The van der Waals surface area contributed by atoms with Crippen LogP contribution in [0.3, 0.4) is 0 Å². The first-order valence-electron chi connectivity index (χ1n) is 6.03. The monoisotopic (exact) mass is 417 g/mol. The number of rotatable bonds is 5. The van der Waals surface area contributed by atoms with Crippen molar-refractivity contribution in [1.29, 1.82) is 0 Å². The predicted molar refractivity (Wildman–Crippen MR) is 88.1 cm³/mol. The van der Waals surface area contributed by atoms with Gasteiger partial charge in [-0.3, -0.25) is 0 Å². The van der Waals surface area contributed by atoms with Gasteiger partial charge in [0.25, 0.3) is 0 Å². The molecule has 20 heavy (non-hydrogen) atoms. The van der Waals surface area contributed by atoms with Gasteiger partial charge >= 0.3 is 6.09 Å². The second-order valence-corrected chi connectivity index (χ2v) is 7.38. The maximum atomic E-state index is 11.5. The molecule has 2 rings (SSSR count). The van der Waals surface area contributed by atoms with Gasteiger partial charge in [-0.15, -0.1) is 11.3 Å². The van der Waals surface area contributed by atoms with Crippen LogP contribution in [0.2, 0.25) is 0 Å². The van der Waals surface area contributed by atoms with E-state index in [0.717, 1.165) is 20.2 Å². The third kappa shape index (κ3) is 4.92.